The monoisotopic (exact) mass is 257 g/mol. The van der Waals surface area contributed by atoms with Gasteiger partial charge in [-0.3, -0.25) is 9.48 Å². The van der Waals surface area contributed by atoms with Gasteiger partial charge in [-0.05, 0) is 16.5 Å². The number of aromatic nitrogens is 2. The molecule has 100 valence electrons. The van der Waals surface area contributed by atoms with Crippen LogP contribution in [0.4, 0.5) is 0 Å². The van der Waals surface area contributed by atoms with Gasteiger partial charge in [-0.1, -0.05) is 45.0 Å². The summed E-state index contributed by atoms with van der Waals surface area (Å²) in [4.78, 5) is 11.0. The maximum absolute atomic E-state index is 11.0. The number of benzene rings is 1. The molecule has 1 aromatic carbocycles. The van der Waals surface area contributed by atoms with Gasteiger partial charge in [0.05, 0.1) is 18.3 Å². The van der Waals surface area contributed by atoms with Gasteiger partial charge < -0.3 is 5.73 Å². The highest BCUT2D eigenvalue weighted by atomic mass is 16.1. The van der Waals surface area contributed by atoms with Crippen LogP contribution in [-0.4, -0.2) is 15.7 Å². The van der Waals surface area contributed by atoms with Crippen LogP contribution >= 0.6 is 0 Å². The number of nitrogens with two attached hydrogens (primary N) is 1. The van der Waals surface area contributed by atoms with Gasteiger partial charge in [-0.25, -0.2) is 0 Å². The summed E-state index contributed by atoms with van der Waals surface area (Å²) >= 11 is 0. The number of primary amides is 1. The molecular formula is C15H19N3O. The van der Waals surface area contributed by atoms with Crippen molar-refractivity contribution in [1.29, 1.82) is 0 Å². The standard InChI is InChI=1S/C15H19N3O/c1-15(2,3)13-6-4-11(5-7-13)9-18-10-12(8-17-18)14(16)19/h4-8,10H,9H2,1-3H3,(H2,16,19). The number of carbonyl (C=O) groups is 1. The largest absolute Gasteiger partial charge is 0.366 e. The maximum Gasteiger partial charge on any atom is 0.251 e. The molecule has 2 aromatic rings. The second-order valence-electron chi connectivity index (χ2n) is 5.74. The molecule has 4 nitrogen and oxygen atoms in total. The Hall–Kier alpha value is -2.10. The van der Waals surface area contributed by atoms with Gasteiger partial charge in [-0.15, -0.1) is 0 Å². The van der Waals surface area contributed by atoms with E-state index in [-0.39, 0.29) is 5.41 Å². The minimum Gasteiger partial charge on any atom is -0.366 e. The summed E-state index contributed by atoms with van der Waals surface area (Å²) in [6.07, 6.45) is 3.16. The van der Waals surface area contributed by atoms with E-state index in [0.29, 0.717) is 12.1 Å². The molecule has 1 amide bonds. The molecule has 0 aliphatic heterocycles. The van der Waals surface area contributed by atoms with Crippen molar-refractivity contribution in [2.75, 3.05) is 0 Å². The molecule has 0 aliphatic rings. The molecular weight excluding hydrogens is 238 g/mol. The second-order valence-corrected chi connectivity index (χ2v) is 5.74. The van der Waals surface area contributed by atoms with Crippen LogP contribution in [0.25, 0.3) is 0 Å². The van der Waals surface area contributed by atoms with Crippen molar-refractivity contribution in [2.45, 2.75) is 32.7 Å². The summed E-state index contributed by atoms with van der Waals surface area (Å²) in [5, 5.41) is 4.12. The Balaban J connectivity index is 2.13. The Morgan fingerprint density at radius 2 is 1.89 bits per heavy atom. The van der Waals surface area contributed by atoms with Crippen molar-refractivity contribution < 1.29 is 4.79 Å². The lowest BCUT2D eigenvalue weighted by Crippen LogP contribution is -2.11. The van der Waals surface area contributed by atoms with Crippen LogP contribution in [0.15, 0.2) is 36.7 Å². The average molecular weight is 257 g/mol. The van der Waals surface area contributed by atoms with Crippen molar-refractivity contribution in [2.24, 2.45) is 5.73 Å². The number of hydrogen-bond donors (Lipinski definition) is 1. The summed E-state index contributed by atoms with van der Waals surface area (Å²) in [7, 11) is 0. The Kier molecular flexibility index (Phi) is 3.42. The molecule has 2 rings (SSSR count). The lowest BCUT2D eigenvalue weighted by molar-refractivity contribution is 0.1000. The molecule has 19 heavy (non-hydrogen) atoms. The maximum atomic E-state index is 11.0. The highest BCUT2D eigenvalue weighted by molar-refractivity contribution is 5.92. The molecule has 4 heteroatoms. The molecule has 0 spiro atoms. The van der Waals surface area contributed by atoms with E-state index in [4.69, 9.17) is 5.73 Å². The zero-order valence-electron chi connectivity index (χ0n) is 11.6. The van der Waals surface area contributed by atoms with Crippen molar-refractivity contribution in [3.8, 4) is 0 Å². The van der Waals surface area contributed by atoms with Gasteiger partial charge in [0, 0.05) is 6.20 Å². The number of amides is 1. The summed E-state index contributed by atoms with van der Waals surface area (Å²) in [6, 6.07) is 8.44. The van der Waals surface area contributed by atoms with Crippen LogP contribution in [0.5, 0.6) is 0 Å². The number of nitrogens with zero attached hydrogens (tertiary/aromatic N) is 2. The molecule has 1 heterocycles. The third kappa shape index (κ3) is 3.22. The van der Waals surface area contributed by atoms with Crippen molar-refractivity contribution in [3.05, 3.63) is 53.3 Å². The lowest BCUT2D eigenvalue weighted by Gasteiger charge is -2.19. The van der Waals surface area contributed by atoms with Crippen LogP contribution in [0.1, 0.15) is 42.3 Å². The van der Waals surface area contributed by atoms with Gasteiger partial charge in [-0.2, -0.15) is 5.10 Å². The van der Waals surface area contributed by atoms with E-state index in [1.165, 1.54) is 11.8 Å². The molecule has 0 atom stereocenters. The van der Waals surface area contributed by atoms with Crippen LogP contribution in [0.2, 0.25) is 0 Å². The molecule has 2 N–H and O–H groups in total. The first-order valence-corrected chi connectivity index (χ1v) is 6.28. The lowest BCUT2D eigenvalue weighted by atomic mass is 9.87. The fourth-order valence-electron chi connectivity index (χ4n) is 1.87. The van der Waals surface area contributed by atoms with E-state index in [0.717, 1.165) is 5.56 Å². The SMILES string of the molecule is CC(C)(C)c1ccc(Cn2cc(C(N)=O)cn2)cc1. The molecule has 0 saturated heterocycles. The second kappa shape index (κ2) is 4.88. The molecule has 0 bridgehead atoms. The quantitative estimate of drug-likeness (QED) is 0.917. The number of hydrogen-bond acceptors (Lipinski definition) is 2. The first kappa shape index (κ1) is 13.3. The van der Waals surface area contributed by atoms with E-state index < -0.39 is 5.91 Å². The smallest absolute Gasteiger partial charge is 0.251 e. The summed E-state index contributed by atoms with van der Waals surface area (Å²) < 4.78 is 1.71. The van der Waals surface area contributed by atoms with Gasteiger partial charge >= 0.3 is 0 Å². The fraction of sp³-hybridized carbons (Fsp3) is 0.333. The van der Waals surface area contributed by atoms with Crippen LogP contribution < -0.4 is 5.73 Å². The summed E-state index contributed by atoms with van der Waals surface area (Å²) in [5.41, 5.74) is 8.23. The highest BCUT2D eigenvalue weighted by Crippen LogP contribution is 2.22. The number of carbonyl (C=O) groups excluding carboxylic acids is 1. The van der Waals surface area contributed by atoms with Crippen molar-refractivity contribution >= 4 is 5.91 Å². The summed E-state index contributed by atoms with van der Waals surface area (Å²) in [6.45, 7) is 7.20. The summed E-state index contributed by atoms with van der Waals surface area (Å²) in [5.74, 6) is -0.450. The van der Waals surface area contributed by atoms with Crippen LogP contribution in [0, 0.1) is 0 Å². The average Bonchev–Trinajstić information content (AvgIpc) is 2.77. The van der Waals surface area contributed by atoms with E-state index >= 15 is 0 Å². The minimum atomic E-state index is -0.450. The minimum absolute atomic E-state index is 0.156. The Bertz CT molecular complexity index is 576. The first-order chi connectivity index (χ1) is 8.86. The zero-order chi connectivity index (χ0) is 14.0. The Morgan fingerprint density at radius 1 is 1.26 bits per heavy atom. The zero-order valence-corrected chi connectivity index (χ0v) is 11.6. The topological polar surface area (TPSA) is 60.9 Å². The van der Waals surface area contributed by atoms with E-state index in [9.17, 15) is 4.79 Å². The van der Waals surface area contributed by atoms with E-state index in [1.807, 2.05) is 0 Å². The van der Waals surface area contributed by atoms with Gasteiger partial charge in [0.25, 0.3) is 5.91 Å². The van der Waals surface area contributed by atoms with Crippen molar-refractivity contribution in [1.82, 2.24) is 9.78 Å². The molecule has 0 saturated carbocycles. The molecule has 0 unspecified atom stereocenters. The van der Waals surface area contributed by atoms with Gasteiger partial charge in [0.15, 0.2) is 0 Å². The van der Waals surface area contributed by atoms with Crippen molar-refractivity contribution in [3.63, 3.8) is 0 Å². The molecule has 0 radical (unpaired) electrons. The Labute approximate surface area is 113 Å². The van der Waals surface area contributed by atoms with Crippen LogP contribution in [-0.2, 0) is 12.0 Å². The van der Waals surface area contributed by atoms with E-state index in [2.05, 4.69) is 50.1 Å². The third-order valence-electron chi connectivity index (χ3n) is 3.08. The van der Waals surface area contributed by atoms with Gasteiger partial charge in [0.1, 0.15) is 0 Å². The Morgan fingerprint density at radius 3 is 2.37 bits per heavy atom. The molecule has 0 fully saturated rings. The van der Waals surface area contributed by atoms with E-state index in [1.54, 1.807) is 10.9 Å². The highest BCUT2D eigenvalue weighted by Gasteiger charge is 2.13. The predicted octanol–water partition coefficient (Wildman–Crippen LogP) is 2.33. The third-order valence-corrected chi connectivity index (χ3v) is 3.08. The predicted molar refractivity (Wildman–Crippen MR) is 75.0 cm³/mol. The van der Waals surface area contributed by atoms with Gasteiger partial charge in [0.2, 0.25) is 0 Å². The van der Waals surface area contributed by atoms with Crippen LogP contribution in [0.3, 0.4) is 0 Å². The normalized spacial score (nSPS) is 11.5. The number of rotatable bonds is 3. The first-order valence-electron chi connectivity index (χ1n) is 6.28. The molecule has 0 aliphatic carbocycles. The fourth-order valence-corrected chi connectivity index (χ4v) is 1.87. The molecule has 1 aromatic heterocycles.